The normalized spacial score (nSPS) is 33.7. The van der Waals surface area contributed by atoms with Crippen LogP contribution in [0.2, 0.25) is 0 Å². The number of amidine groups is 1. The number of alkyl halides is 1. The van der Waals surface area contributed by atoms with Gasteiger partial charge >= 0.3 is 0 Å². The number of hydrogen-bond acceptors (Lipinski definition) is 4. The molecule has 1 aromatic rings. The highest BCUT2D eigenvalue weighted by Crippen LogP contribution is 2.50. The molecule has 2 heterocycles. The van der Waals surface area contributed by atoms with Gasteiger partial charge in [-0.25, -0.2) is 8.78 Å². The van der Waals surface area contributed by atoms with Gasteiger partial charge in [0.15, 0.2) is 5.17 Å². The van der Waals surface area contributed by atoms with Gasteiger partial charge in [0.2, 0.25) is 0 Å². The third-order valence-corrected chi connectivity index (χ3v) is 7.40. The average Bonchev–Trinajstić information content (AvgIpc) is 2.73. The molecule has 1 aromatic carbocycles. The number of nitrogens with zero attached hydrogens (tertiary/aromatic N) is 1. The quantitative estimate of drug-likeness (QED) is 0.665. The van der Waals surface area contributed by atoms with E-state index < -0.39 is 29.0 Å². The Morgan fingerprint density at radius 3 is 2.83 bits per heavy atom. The van der Waals surface area contributed by atoms with E-state index in [9.17, 15) is 9.18 Å². The molecule has 1 aliphatic carbocycles. The zero-order chi connectivity index (χ0) is 21.3. The number of amides is 1. The predicted octanol–water partition coefficient (Wildman–Crippen LogP) is 4.87. The standard InChI is InChI=1S/C22H23ClF2N2O2S/c1-13-7-16(24)9-18(25)19(13)22-12-29-17(10-23)8-15(22)11-30-21(27-22)26-20(28)14-5-3-2-4-6-14/h2-7,9,13,15,17,19H,8,10-12H2,1H3,(H,26,27,28)/t13?,15-,17+,19?,22-/m0/s1. The molecule has 2 unspecified atom stereocenters. The summed E-state index contributed by atoms with van der Waals surface area (Å²) in [6, 6.07) is 8.84. The van der Waals surface area contributed by atoms with Crippen molar-refractivity contribution in [1.29, 1.82) is 0 Å². The van der Waals surface area contributed by atoms with E-state index in [1.165, 1.54) is 17.8 Å². The summed E-state index contributed by atoms with van der Waals surface area (Å²) in [5, 5.41) is 3.29. The van der Waals surface area contributed by atoms with Crippen molar-refractivity contribution in [2.24, 2.45) is 22.7 Å². The number of ether oxygens (including phenoxy) is 1. The van der Waals surface area contributed by atoms with E-state index in [-0.39, 0.29) is 24.5 Å². The van der Waals surface area contributed by atoms with Gasteiger partial charge in [-0.15, -0.1) is 11.6 Å². The van der Waals surface area contributed by atoms with Crippen molar-refractivity contribution in [1.82, 2.24) is 5.32 Å². The molecule has 2 aliphatic heterocycles. The Kier molecular flexibility index (Phi) is 6.32. The summed E-state index contributed by atoms with van der Waals surface area (Å²) in [6.07, 6.45) is 2.87. The Morgan fingerprint density at radius 2 is 2.13 bits per heavy atom. The van der Waals surface area contributed by atoms with Crippen molar-refractivity contribution >= 4 is 34.4 Å². The van der Waals surface area contributed by atoms with E-state index in [4.69, 9.17) is 21.3 Å². The lowest BCUT2D eigenvalue weighted by Gasteiger charge is -2.51. The molecule has 0 radical (unpaired) electrons. The van der Waals surface area contributed by atoms with E-state index in [0.29, 0.717) is 28.8 Å². The molecule has 1 N–H and O–H groups in total. The molecule has 0 saturated carbocycles. The van der Waals surface area contributed by atoms with Crippen LogP contribution in [0.4, 0.5) is 8.78 Å². The van der Waals surface area contributed by atoms with Crippen LogP contribution in [0.25, 0.3) is 0 Å². The lowest BCUT2D eigenvalue weighted by molar-refractivity contribution is -0.0666. The van der Waals surface area contributed by atoms with Crippen molar-refractivity contribution < 1.29 is 18.3 Å². The molecule has 30 heavy (non-hydrogen) atoms. The number of allylic oxidation sites excluding steroid dienone is 3. The first-order chi connectivity index (χ1) is 14.4. The second-order valence-electron chi connectivity index (χ2n) is 7.98. The number of nitrogens with one attached hydrogen (secondary N) is 1. The maximum Gasteiger partial charge on any atom is 0.257 e. The molecule has 1 saturated heterocycles. The van der Waals surface area contributed by atoms with Crippen LogP contribution in [0.3, 0.4) is 0 Å². The van der Waals surface area contributed by atoms with Crippen LogP contribution in [0, 0.1) is 17.8 Å². The van der Waals surface area contributed by atoms with Gasteiger partial charge in [-0.05, 0) is 36.5 Å². The van der Waals surface area contributed by atoms with Gasteiger partial charge in [0.25, 0.3) is 5.91 Å². The molecular formula is C22H23ClF2N2O2S. The lowest BCUT2D eigenvalue weighted by Crippen LogP contribution is -2.58. The topological polar surface area (TPSA) is 50.7 Å². The lowest BCUT2D eigenvalue weighted by atomic mass is 9.65. The summed E-state index contributed by atoms with van der Waals surface area (Å²) < 4.78 is 34.8. The molecule has 0 aromatic heterocycles. The zero-order valence-electron chi connectivity index (χ0n) is 16.5. The molecule has 160 valence electrons. The third-order valence-electron chi connectivity index (χ3n) is 6.02. The fourth-order valence-electron chi connectivity index (χ4n) is 4.60. The maximum atomic E-state index is 15.1. The Hall–Kier alpha value is -1.70. The Morgan fingerprint density at radius 1 is 1.37 bits per heavy atom. The summed E-state index contributed by atoms with van der Waals surface area (Å²) in [4.78, 5) is 17.5. The predicted molar refractivity (Wildman–Crippen MR) is 116 cm³/mol. The SMILES string of the molecule is CC1C=C(F)C=C(F)C1[C@]12CO[C@@H](CCl)C[C@H]1CSC(NC(=O)c1ccccc1)=N2. The first kappa shape index (κ1) is 21.5. The molecule has 0 spiro atoms. The molecule has 8 heteroatoms. The number of carbonyl (C=O) groups excluding carboxylic acids is 1. The van der Waals surface area contributed by atoms with Crippen LogP contribution >= 0.6 is 23.4 Å². The van der Waals surface area contributed by atoms with Crippen LogP contribution in [0.15, 0.2) is 59.1 Å². The molecule has 3 aliphatic rings. The van der Waals surface area contributed by atoms with E-state index >= 15 is 4.39 Å². The van der Waals surface area contributed by atoms with Crippen LogP contribution in [0.1, 0.15) is 23.7 Å². The smallest absolute Gasteiger partial charge is 0.257 e. The summed E-state index contributed by atoms with van der Waals surface area (Å²) in [5.41, 5.74) is -0.411. The highest BCUT2D eigenvalue weighted by molar-refractivity contribution is 8.13. The molecule has 1 amide bonds. The van der Waals surface area contributed by atoms with E-state index in [2.05, 4.69) is 5.32 Å². The zero-order valence-corrected chi connectivity index (χ0v) is 18.1. The number of hydrogen-bond donors (Lipinski definition) is 1. The van der Waals surface area contributed by atoms with Crippen molar-refractivity contribution in [2.45, 2.75) is 25.0 Å². The molecule has 0 bridgehead atoms. The largest absolute Gasteiger partial charge is 0.374 e. The number of aliphatic imine (C=N–C) groups is 1. The second-order valence-corrected chi connectivity index (χ2v) is 9.29. The Balaban J connectivity index is 1.68. The van der Waals surface area contributed by atoms with Gasteiger partial charge in [-0.2, -0.15) is 0 Å². The van der Waals surface area contributed by atoms with Gasteiger partial charge in [-0.3, -0.25) is 9.79 Å². The minimum atomic E-state index is -0.926. The molecule has 1 fully saturated rings. The van der Waals surface area contributed by atoms with Gasteiger partial charge < -0.3 is 10.1 Å². The average molecular weight is 453 g/mol. The first-order valence-corrected chi connectivity index (χ1v) is 11.5. The Labute approximate surface area is 183 Å². The number of carbonyl (C=O) groups is 1. The fourth-order valence-corrected chi connectivity index (χ4v) is 6.00. The minimum absolute atomic E-state index is 0.00135. The Bertz CT molecular complexity index is 908. The summed E-state index contributed by atoms with van der Waals surface area (Å²) >= 11 is 7.45. The highest BCUT2D eigenvalue weighted by atomic mass is 35.5. The minimum Gasteiger partial charge on any atom is -0.374 e. The van der Waals surface area contributed by atoms with Crippen molar-refractivity contribution in [3.8, 4) is 0 Å². The summed E-state index contributed by atoms with van der Waals surface area (Å²) in [5.74, 6) is -1.45. The van der Waals surface area contributed by atoms with Gasteiger partial charge in [-0.1, -0.05) is 36.9 Å². The number of fused-ring (bicyclic) bond motifs is 1. The van der Waals surface area contributed by atoms with Crippen LogP contribution in [-0.2, 0) is 4.74 Å². The number of thioether (sulfide) groups is 1. The monoisotopic (exact) mass is 452 g/mol. The van der Waals surface area contributed by atoms with E-state index in [0.717, 1.165) is 6.08 Å². The second kappa shape index (κ2) is 8.81. The van der Waals surface area contributed by atoms with E-state index in [1.807, 2.05) is 6.07 Å². The third kappa shape index (κ3) is 4.07. The molecule has 5 atom stereocenters. The van der Waals surface area contributed by atoms with Gasteiger partial charge in [0, 0.05) is 29.2 Å². The van der Waals surface area contributed by atoms with E-state index in [1.54, 1.807) is 31.2 Å². The van der Waals surface area contributed by atoms with Crippen LogP contribution in [-0.4, -0.2) is 41.0 Å². The van der Waals surface area contributed by atoms with Gasteiger partial charge in [0.1, 0.15) is 17.2 Å². The van der Waals surface area contributed by atoms with Crippen LogP contribution < -0.4 is 5.32 Å². The highest BCUT2D eigenvalue weighted by Gasteiger charge is 2.55. The molecule has 4 nitrogen and oxygen atoms in total. The van der Waals surface area contributed by atoms with Crippen molar-refractivity contribution in [2.75, 3.05) is 18.2 Å². The van der Waals surface area contributed by atoms with Crippen molar-refractivity contribution in [3.63, 3.8) is 0 Å². The van der Waals surface area contributed by atoms with Crippen LogP contribution in [0.5, 0.6) is 0 Å². The molecular weight excluding hydrogens is 430 g/mol. The first-order valence-electron chi connectivity index (χ1n) is 9.94. The summed E-state index contributed by atoms with van der Waals surface area (Å²) in [6.45, 7) is 1.96. The number of benzene rings is 1. The fraction of sp³-hybridized carbons (Fsp3) is 0.455. The molecule has 4 rings (SSSR count). The number of halogens is 3. The maximum absolute atomic E-state index is 15.1. The number of rotatable bonds is 3. The summed E-state index contributed by atoms with van der Waals surface area (Å²) in [7, 11) is 0. The van der Waals surface area contributed by atoms with Gasteiger partial charge in [0.05, 0.1) is 12.7 Å². The van der Waals surface area contributed by atoms with Crippen molar-refractivity contribution in [3.05, 3.63) is 59.7 Å².